The molecule has 0 aromatic heterocycles. The Bertz CT molecular complexity index is 821. The summed E-state index contributed by atoms with van der Waals surface area (Å²) in [6.07, 6.45) is 1.55. The Morgan fingerprint density at radius 1 is 1.31 bits per heavy atom. The molecule has 0 saturated carbocycles. The fraction of sp³-hybridized carbons (Fsp3) is 0.263. The van der Waals surface area contributed by atoms with Crippen LogP contribution < -0.4 is 10.2 Å². The predicted octanol–water partition coefficient (Wildman–Crippen LogP) is 5.83. The minimum atomic E-state index is -0.336. The summed E-state index contributed by atoms with van der Waals surface area (Å²) in [5, 5.41) is 4.58. The summed E-state index contributed by atoms with van der Waals surface area (Å²) in [6.45, 7) is 6.00. The average Bonchev–Trinajstić information content (AvgIpc) is 2.60. The summed E-state index contributed by atoms with van der Waals surface area (Å²) in [7, 11) is 0. The van der Waals surface area contributed by atoms with Gasteiger partial charge in [0.1, 0.15) is 5.75 Å². The van der Waals surface area contributed by atoms with Gasteiger partial charge in [-0.3, -0.25) is 4.79 Å². The highest BCUT2D eigenvalue weighted by Crippen LogP contribution is 2.40. The number of rotatable bonds is 6. The molecule has 2 aromatic rings. The Balaban J connectivity index is 2.01. The molecule has 0 saturated heterocycles. The maximum Gasteiger partial charge on any atom is 0.277 e. The molecule has 0 aliphatic heterocycles. The van der Waals surface area contributed by atoms with E-state index in [-0.39, 0.29) is 18.4 Å². The molecule has 0 aliphatic rings. The van der Waals surface area contributed by atoms with Crippen molar-refractivity contribution in [3.8, 4) is 5.75 Å². The van der Waals surface area contributed by atoms with Gasteiger partial charge in [0.25, 0.3) is 5.91 Å². The molecule has 0 unspecified atom stereocenters. The lowest BCUT2D eigenvalue weighted by Gasteiger charge is -2.18. The van der Waals surface area contributed by atoms with E-state index in [0.29, 0.717) is 10.8 Å². The molecular weight excluding hydrogens is 483 g/mol. The van der Waals surface area contributed by atoms with Gasteiger partial charge in [-0.2, -0.15) is 5.10 Å². The van der Waals surface area contributed by atoms with Gasteiger partial charge in [0.15, 0.2) is 6.61 Å². The van der Waals surface area contributed by atoms with E-state index >= 15 is 0 Å². The van der Waals surface area contributed by atoms with Gasteiger partial charge >= 0.3 is 0 Å². The molecule has 138 valence electrons. The third-order valence-electron chi connectivity index (χ3n) is 3.67. The average molecular weight is 503 g/mol. The number of nitrogens with one attached hydrogen (secondary N) is 1. The zero-order valence-corrected chi connectivity index (χ0v) is 18.6. The van der Waals surface area contributed by atoms with Gasteiger partial charge in [0.2, 0.25) is 0 Å². The number of nitrogens with zero attached hydrogens (tertiary/aromatic N) is 1. The number of hydrogen-bond donors (Lipinski definition) is 1. The van der Waals surface area contributed by atoms with Crippen molar-refractivity contribution in [2.24, 2.45) is 5.10 Å². The first-order valence-corrected chi connectivity index (χ1v) is 9.94. The van der Waals surface area contributed by atoms with Gasteiger partial charge < -0.3 is 4.74 Å². The minimum absolute atomic E-state index is 0.128. The maximum atomic E-state index is 12.0. The number of hydrogen-bond acceptors (Lipinski definition) is 3. The fourth-order valence-electron chi connectivity index (χ4n) is 2.19. The quantitative estimate of drug-likeness (QED) is 0.399. The van der Waals surface area contributed by atoms with Gasteiger partial charge in [0, 0.05) is 9.50 Å². The molecule has 0 radical (unpaired) electrons. The van der Waals surface area contributed by atoms with Gasteiger partial charge in [0.05, 0.1) is 10.7 Å². The minimum Gasteiger partial charge on any atom is -0.482 e. The summed E-state index contributed by atoms with van der Waals surface area (Å²) >= 11 is 12.9. The van der Waals surface area contributed by atoms with Gasteiger partial charge in [-0.25, -0.2) is 5.43 Å². The smallest absolute Gasteiger partial charge is 0.277 e. The normalized spacial score (nSPS) is 11.2. The Morgan fingerprint density at radius 2 is 1.96 bits per heavy atom. The molecule has 0 fully saturated rings. The Labute approximate surface area is 175 Å². The first-order chi connectivity index (χ1) is 12.3. The van der Waals surface area contributed by atoms with E-state index in [1.807, 2.05) is 25.1 Å². The molecule has 1 N–H and O–H groups in total. The van der Waals surface area contributed by atoms with Crippen molar-refractivity contribution in [2.75, 3.05) is 6.61 Å². The van der Waals surface area contributed by atoms with E-state index in [0.717, 1.165) is 25.6 Å². The van der Waals surface area contributed by atoms with E-state index in [2.05, 4.69) is 56.2 Å². The molecule has 0 atom stereocenters. The van der Waals surface area contributed by atoms with Crippen molar-refractivity contribution in [1.82, 2.24) is 5.43 Å². The highest BCUT2D eigenvalue weighted by Gasteiger charge is 2.17. The summed E-state index contributed by atoms with van der Waals surface area (Å²) < 4.78 is 7.61. The largest absolute Gasteiger partial charge is 0.482 e. The van der Waals surface area contributed by atoms with E-state index in [1.165, 1.54) is 0 Å². The van der Waals surface area contributed by atoms with Crippen LogP contribution in [0.1, 0.15) is 36.5 Å². The Hall–Kier alpha value is -1.37. The lowest BCUT2D eigenvalue weighted by Crippen LogP contribution is -2.25. The van der Waals surface area contributed by atoms with Crippen molar-refractivity contribution >= 4 is 55.6 Å². The molecule has 26 heavy (non-hydrogen) atoms. The molecule has 2 aromatic carbocycles. The van der Waals surface area contributed by atoms with Crippen LogP contribution in [0.25, 0.3) is 0 Å². The van der Waals surface area contributed by atoms with Crippen LogP contribution in [-0.2, 0) is 4.79 Å². The SMILES string of the molecule is Cc1c(Br)cc(C(C)C)c(OCC(=O)N/N=C/c2ccc(Cl)cc2)c1Br. The monoisotopic (exact) mass is 500 g/mol. The zero-order chi connectivity index (χ0) is 19.3. The number of carbonyl (C=O) groups is 1. The molecule has 0 aliphatic carbocycles. The van der Waals surface area contributed by atoms with E-state index in [1.54, 1.807) is 18.3 Å². The van der Waals surface area contributed by atoms with Crippen LogP contribution in [0.15, 0.2) is 44.4 Å². The second kappa shape index (κ2) is 9.53. The van der Waals surface area contributed by atoms with Crippen molar-refractivity contribution in [3.05, 3.63) is 61.0 Å². The second-order valence-corrected chi connectivity index (χ2v) is 8.09. The highest BCUT2D eigenvalue weighted by molar-refractivity contribution is 9.11. The number of hydrazone groups is 1. The molecule has 0 heterocycles. The summed E-state index contributed by atoms with van der Waals surface area (Å²) in [5.41, 5.74) is 5.33. The zero-order valence-electron chi connectivity index (χ0n) is 14.6. The summed E-state index contributed by atoms with van der Waals surface area (Å²) in [4.78, 5) is 12.0. The third kappa shape index (κ3) is 5.56. The molecule has 2 rings (SSSR count). The van der Waals surface area contributed by atoms with Crippen LogP contribution in [0.5, 0.6) is 5.75 Å². The third-order valence-corrected chi connectivity index (χ3v) is 5.70. The number of benzene rings is 2. The fourth-order valence-corrected chi connectivity index (χ4v) is 3.58. The number of carbonyl (C=O) groups excluding carboxylic acids is 1. The first kappa shape index (κ1) is 20.9. The Morgan fingerprint density at radius 3 is 2.58 bits per heavy atom. The maximum absolute atomic E-state index is 12.0. The Kier molecular flexibility index (Phi) is 7.68. The summed E-state index contributed by atoms with van der Waals surface area (Å²) in [6, 6.07) is 9.16. The van der Waals surface area contributed by atoms with Crippen molar-refractivity contribution in [1.29, 1.82) is 0 Å². The standard InChI is InChI=1S/C19H19Br2ClN2O2/c1-11(2)15-8-16(20)12(3)18(21)19(15)26-10-17(25)24-23-9-13-4-6-14(22)7-5-13/h4-9,11H,10H2,1-3H3,(H,24,25)/b23-9+. The molecule has 0 bridgehead atoms. The number of amides is 1. The predicted molar refractivity (Wildman–Crippen MR) is 113 cm³/mol. The van der Waals surface area contributed by atoms with Crippen LogP contribution >= 0.6 is 43.5 Å². The molecule has 4 nitrogen and oxygen atoms in total. The van der Waals surface area contributed by atoms with Crippen LogP contribution in [0.2, 0.25) is 5.02 Å². The van der Waals surface area contributed by atoms with Gasteiger partial charge in [-0.1, -0.05) is 53.5 Å². The first-order valence-electron chi connectivity index (χ1n) is 7.98. The van der Waals surface area contributed by atoms with Gasteiger partial charge in [-0.05, 0) is 63.7 Å². The molecule has 7 heteroatoms. The molecule has 1 amide bonds. The molecular formula is C19H19Br2ClN2O2. The lowest BCUT2D eigenvalue weighted by atomic mass is 10.0. The van der Waals surface area contributed by atoms with Crippen LogP contribution in [0.3, 0.4) is 0 Å². The van der Waals surface area contributed by atoms with Crippen molar-refractivity contribution in [2.45, 2.75) is 26.7 Å². The highest BCUT2D eigenvalue weighted by atomic mass is 79.9. The topological polar surface area (TPSA) is 50.7 Å². The second-order valence-electron chi connectivity index (χ2n) is 6.00. The molecule has 0 spiro atoms. The number of halogens is 3. The number of ether oxygens (including phenoxy) is 1. The summed E-state index contributed by atoms with van der Waals surface area (Å²) in [5.74, 6) is 0.596. The van der Waals surface area contributed by atoms with E-state index in [9.17, 15) is 4.79 Å². The van der Waals surface area contributed by atoms with Crippen molar-refractivity contribution in [3.63, 3.8) is 0 Å². The van der Waals surface area contributed by atoms with E-state index in [4.69, 9.17) is 16.3 Å². The van der Waals surface area contributed by atoms with Crippen LogP contribution in [0.4, 0.5) is 0 Å². The van der Waals surface area contributed by atoms with Crippen molar-refractivity contribution < 1.29 is 9.53 Å². The van der Waals surface area contributed by atoms with E-state index < -0.39 is 0 Å². The van der Waals surface area contributed by atoms with Crippen LogP contribution in [-0.4, -0.2) is 18.7 Å². The van der Waals surface area contributed by atoms with Gasteiger partial charge in [-0.15, -0.1) is 0 Å². The lowest BCUT2D eigenvalue weighted by molar-refractivity contribution is -0.123. The van der Waals surface area contributed by atoms with Crippen LogP contribution in [0, 0.1) is 6.92 Å².